The molecule has 1 aromatic heterocycles. The molecule has 1 aromatic carbocycles. The first kappa shape index (κ1) is 19.8. The summed E-state index contributed by atoms with van der Waals surface area (Å²) in [5, 5.41) is 7.86. The molecule has 0 unspecified atom stereocenters. The molecule has 0 atom stereocenters. The summed E-state index contributed by atoms with van der Waals surface area (Å²) in [4.78, 5) is 15.4. The van der Waals surface area contributed by atoms with E-state index in [1.807, 2.05) is 19.1 Å². The van der Waals surface area contributed by atoms with E-state index < -0.39 is 0 Å². The molecule has 2 heterocycles. The van der Waals surface area contributed by atoms with Crippen molar-refractivity contribution in [2.24, 2.45) is 0 Å². The molecule has 1 aliphatic heterocycles. The lowest BCUT2D eigenvalue weighted by Crippen LogP contribution is -2.45. The minimum atomic E-state index is -0.348. The van der Waals surface area contributed by atoms with Crippen molar-refractivity contribution in [1.82, 2.24) is 10.2 Å². The fraction of sp³-hybridized carbons (Fsp3) is 0.400. The van der Waals surface area contributed by atoms with Crippen LogP contribution in [0.4, 0.5) is 5.00 Å². The van der Waals surface area contributed by atoms with Gasteiger partial charge in [-0.05, 0) is 43.6 Å². The van der Waals surface area contributed by atoms with Crippen LogP contribution in [0.5, 0.6) is 0 Å². The van der Waals surface area contributed by atoms with Gasteiger partial charge in [-0.2, -0.15) is 0 Å². The number of nitrogens with zero attached hydrogens (tertiary/aromatic N) is 1. The van der Waals surface area contributed by atoms with Crippen LogP contribution in [0.1, 0.15) is 33.6 Å². The topological polar surface area (TPSA) is 53.6 Å². The Morgan fingerprint density at radius 1 is 1.30 bits per heavy atom. The Balaban J connectivity index is 1.48. The molecule has 3 rings (SSSR count). The average Bonchev–Trinajstić information content (AvgIpc) is 3.03. The number of benzene rings is 1. The Labute approximate surface area is 169 Å². The first-order chi connectivity index (χ1) is 13.0. The van der Waals surface area contributed by atoms with Gasteiger partial charge in [-0.15, -0.1) is 11.3 Å². The van der Waals surface area contributed by atoms with Crippen LogP contribution in [0, 0.1) is 6.92 Å². The minimum Gasteiger partial charge on any atom is -0.465 e. The highest BCUT2D eigenvalue weighted by Crippen LogP contribution is 2.28. The number of carbonyl (C=O) groups is 1. The third-order valence-corrected chi connectivity index (χ3v) is 5.85. The molecule has 1 saturated heterocycles. The van der Waals surface area contributed by atoms with Gasteiger partial charge in [0.05, 0.1) is 12.7 Å². The van der Waals surface area contributed by atoms with Crippen LogP contribution >= 0.6 is 23.6 Å². The predicted molar refractivity (Wildman–Crippen MR) is 114 cm³/mol. The summed E-state index contributed by atoms with van der Waals surface area (Å²) in [5.74, 6) is -0.348. The van der Waals surface area contributed by atoms with E-state index in [1.54, 1.807) is 0 Å². The van der Waals surface area contributed by atoms with Crippen molar-refractivity contribution in [2.75, 3.05) is 25.5 Å². The highest BCUT2D eigenvalue weighted by Gasteiger charge is 2.21. The highest BCUT2D eigenvalue weighted by molar-refractivity contribution is 7.80. The third-order valence-electron chi connectivity index (χ3n) is 4.66. The Morgan fingerprint density at radius 3 is 2.67 bits per heavy atom. The molecule has 1 aliphatic rings. The first-order valence-corrected chi connectivity index (χ1v) is 10.3. The number of carbonyl (C=O) groups excluding carboxylic acids is 1. The number of piperidine rings is 1. The number of ether oxygens (including phenoxy) is 1. The number of esters is 1. The number of rotatable bonds is 5. The van der Waals surface area contributed by atoms with Crippen LogP contribution in [-0.4, -0.2) is 42.2 Å². The van der Waals surface area contributed by atoms with Crippen molar-refractivity contribution in [3.8, 4) is 0 Å². The lowest BCUT2D eigenvalue weighted by atomic mass is 10.0. The fourth-order valence-electron chi connectivity index (χ4n) is 3.27. The van der Waals surface area contributed by atoms with E-state index in [0.29, 0.717) is 16.7 Å². The molecule has 5 nitrogen and oxygen atoms in total. The molecule has 0 radical (unpaired) electrons. The molecule has 0 amide bonds. The largest absolute Gasteiger partial charge is 0.465 e. The van der Waals surface area contributed by atoms with Crippen LogP contribution in [0.2, 0.25) is 0 Å². The smallest absolute Gasteiger partial charge is 0.340 e. The molecule has 7 heteroatoms. The molecule has 2 N–H and O–H groups in total. The van der Waals surface area contributed by atoms with E-state index in [2.05, 4.69) is 39.8 Å². The van der Waals surface area contributed by atoms with Crippen LogP contribution in [0.3, 0.4) is 0 Å². The molecule has 2 aromatic rings. The molecule has 0 bridgehead atoms. The van der Waals surface area contributed by atoms with Gasteiger partial charge in [0.2, 0.25) is 0 Å². The summed E-state index contributed by atoms with van der Waals surface area (Å²) in [7, 11) is 1.39. The quantitative estimate of drug-likeness (QED) is 0.585. The number of likely N-dealkylation sites (tertiary alicyclic amines) is 1. The summed E-state index contributed by atoms with van der Waals surface area (Å²) >= 11 is 6.96. The maximum absolute atomic E-state index is 11.9. The summed E-state index contributed by atoms with van der Waals surface area (Å²) in [5.41, 5.74) is 1.88. The van der Waals surface area contributed by atoms with Crippen molar-refractivity contribution in [3.63, 3.8) is 0 Å². The summed E-state index contributed by atoms with van der Waals surface area (Å²) < 4.78 is 4.84. The van der Waals surface area contributed by atoms with Gasteiger partial charge in [0.25, 0.3) is 0 Å². The van der Waals surface area contributed by atoms with Crippen LogP contribution in [-0.2, 0) is 11.3 Å². The Kier molecular flexibility index (Phi) is 6.82. The van der Waals surface area contributed by atoms with E-state index >= 15 is 0 Å². The Hall–Kier alpha value is -1.96. The number of methoxy groups -OCH3 is 1. The zero-order valence-corrected chi connectivity index (χ0v) is 17.3. The average molecular weight is 404 g/mol. The minimum absolute atomic E-state index is 0.347. The van der Waals surface area contributed by atoms with Gasteiger partial charge in [0.15, 0.2) is 5.11 Å². The zero-order chi connectivity index (χ0) is 19.2. The summed E-state index contributed by atoms with van der Waals surface area (Å²) in [6, 6.07) is 12.7. The number of hydrogen-bond acceptors (Lipinski definition) is 5. The fourth-order valence-corrected chi connectivity index (χ4v) is 4.51. The van der Waals surface area contributed by atoms with E-state index in [-0.39, 0.29) is 5.97 Å². The van der Waals surface area contributed by atoms with Crippen molar-refractivity contribution < 1.29 is 9.53 Å². The second kappa shape index (κ2) is 9.30. The van der Waals surface area contributed by atoms with Gasteiger partial charge in [-0.25, -0.2) is 4.79 Å². The Bertz CT molecular complexity index is 784. The van der Waals surface area contributed by atoms with Crippen LogP contribution in [0.25, 0.3) is 0 Å². The van der Waals surface area contributed by atoms with Gasteiger partial charge in [-0.1, -0.05) is 30.3 Å². The monoisotopic (exact) mass is 403 g/mol. The normalized spacial score (nSPS) is 15.3. The van der Waals surface area contributed by atoms with E-state index in [9.17, 15) is 4.79 Å². The molecule has 144 valence electrons. The number of hydrogen-bond donors (Lipinski definition) is 2. The Morgan fingerprint density at radius 2 is 2.00 bits per heavy atom. The molecular formula is C20H25N3O2S2. The number of nitrogens with one attached hydrogen (secondary N) is 2. The molecule has 0 saturated carbocycles. The third kappa shape index (κ3) is 5.51. The zero-order valence-electron chi connectivity index (χ0n) is 15.7. The van der Waals surface area contributed by atoms with E-state index in [4.69, 9.17) is 17.0 Å². The number of thiocarbonyl (C=S) groups is 1. The lowest BCUT2D eigenvalue weighted by Gasteiger charge is -2.33. The van der Waals surface area contributed by atoms with Crippen LogP contribution < -0.4 is 10.6 Å². The number of aryl methyl sites for hydroxylation is 1. The number of thiophene rings is 1. The second-order valence-electron chi connectivity index (χ2n) is 6.73. The van der Waals surface area contributed by atoms with Crippen molar-refractivity contribution in [3.05, 3.63) is 52.4 Å². The molecule has 1 fully saturated rings. The maximum atomic E-state index is 11.9. The van der Waals surface area contributed by atoms with Crippen LogP contribution in [0.15, 0.2) is 36.4 Å². The van der Waals surface area contributed by atoms with Crippen molar-refractivity contribution in [1.29, 1.82) is 0 Å². The predicted octanol–water partition coefficient (Wildman–Crippen LogP) is 3.79. The highest BCUT2D eigenvalue weighted by atomic mass is 32.1. The summed E-state index contributed by atoms with van der Waals surface area (Å²) in [6.07, 6.45) is 2.09. The number of anilines is 1. The first-order valence-electron chi connectivity index (χ1n) is 9.07. The summed E-state index contributed by atoms with van der Waals surface area (Å²) in [6.45, 7) is 5.04. The SMILES string of the molecule is COC(=O)c1cc(C)sc1NC(=S)NC1CCN(Cc2ccccc2)CC1. The van der Waals surface area contributed by atoms with Crippen molar-refractivity contribution >= 4 is 39.6 Å². The molecular weight excluding hydrogens is 378 g/mol. The van der Waals surface area contributed by atoms with Gasteiger partial charge >= 0.3 is 5.97 Å². The lowest BCUT2D eigenvalue weighted by molar-refractivity contribution is 0.0602. The van der Waals surface area contributed by atoms with Gasteiger partial charge in [0.1, 0.15) is 5.00 Å². The van der Waals surface area contributed by atoms with Gasteiger partial charge < -0.3 is 15.4 Å². The molecule has 27 heavy (non-hydrogen) atoms. The van der Waals surface area contributed by atoms with Crippen molar-refractivity contribution in [2.45, 2.75) is 32.4 Å². The second-order valence-corrected chi connectivity index (χ2v) is 8.39. The van der Waals surface area contributed by atoms with E-state index in [0.717, 1.165) is 42.4 Å². The molecule has 0 spiro atoms. The van der Waals surface area contributed by atoms with E-state index in [1.165, 1.54) is 24.0 Å². The van der Waals surface area contributed by atoms with Gasteiger partial charge in [0, 0.05) is 30.6 Å². The van der Waals surface area contributed by atoms with Gasteiger partial charge in [-0.3, -0.25) is 4.90 Å². The molecule has 0 aliphatic carbocycles. The standard InChI is InChI=1S/C20H25N3O2S2/c1-14-12-17(19(24)25-2)18(27-14)22-20(26)21-16-8-10-23(11-9-16)13-15-6-4-3-5-7-15/h3-7,12,16H,8-11,13H2,1-2H3,(H2,21,22,26). The maximum Gasteiger partial charge on any atom is 0.340 e.